The number of hydrogen-bond acceptors (Lipinski definition) is 4. The summed E-state index contributed by atoms with van der Waals surface area (Å²) in [6.45, 7) is 2.37. The second kappa shape index (κ2) is 7.81. The van der Waals surface area contributed by atoms with Gasteiger partial charge in [0.25, 0.3) is 5.91 Å². The predicted molar refractivity (Wildman–Crippen MR) is 96.4 cm³/mol. The number of nitrogen functional groups attached to an aromatic ring is 1. The van der Waals surface area contributed by atoms with Crippen LogP contribution in [0.25, 0.3) is 0 Å². The molecule has 130 valence electrons. The molecule has 0 aromatic heterocycles. The Labute approximate surface area is 146 Å². The topological polar surface area (TPSA) is 84.7 Å². The number of carbonyl (C=O) groups is 2. The summed E-state index contributed by atoms with van der Waals surface area (Å²) < 4.78 is 5.26. The van der Waals surface area contributed by atoms with E-state index < -0.39 is 0 Å². The Kier molecular flexibility index (Phi) is 5.30. The summed E-state index contributed by atoms with van der Waals surface area (Å²) in [6, 6.07) is 14.2. The molecule has 6 heteroatoms. The van der Waals surface area contributed by atoms with E-state index in [1.165, 1.54) is 0 Å². The predicted octanol–water partition coefficient (Wildman–Crippen LogP) is 1.92. The second-order valence-corrected chi connectivity index (χ2v) is 5.95. The van der Waals surface area contributed by atoms with Crippen molar-refractivity contribution in [1.82, 2.24) is 4.90 Å². The van der Waals surface area contributed by atoms with Gasteiger partial charge in [0.2, 0.25) is 5.91 Å². The van der Waals surface area contributed by atoms with Gasteiger partial charge in [-0.25, -0.2) is 0 Å². The first-order chi connectivity index (χ1) is 12.1. The molecule has 3 rings (SSSR count). The number of hydrogen-bond donors (Lipinski definition) is 2. The highest BCUT2D eigenvalue weighted by atomic mass is 16.5. The molecular weight excluding hydrogens is 318 g/mol. The van der Waals surface area contributed by atoms with E-state index in [4.69, 9.17) is 10.5 Å². The highest BCUT2D eigenvalue weighted by molar-refractivity contribution is 5.96. The Bertz CT molecular complexity index is 736. The molecule has 0 spiro atoms. The fourth-order valence-electron chi connectivity index (χ4n) is 2.67. The third kappa shape index (κ3) is 4.58. The SMILES string of the molecule is Nc1ccc(CC(=O)Nc2ccc(C(=O)N3CCOCC3)cc2)cc1. The van der Waals surface area contributed by atoms with E-state index in [1.807, 2.05) is 12.1 Å². The minimum absolute atomic E-state index is 0.0111. The lowest BCUT2D eigenvalue weighted by atomic mass is 10.1. The van der Waals surface area contributed by atoms with Crippen LogP contribution in [0.5, 0.6) is 0 Å². The maximum Gasteiger partial charge on any atom is 0.254 e. The molecule has 6 nitrogen and oxygen atoms in total. The molecule has 1 saturated heterocycles. The van der Waals surface area contributed by atoms with Gasteiger partial charge in [-0.15, -0.1) is 0 Å². The van der Waals surface area contributed by atoms with Gasteiger partial charge in [0.05, 0.1) is 19.6 Å². The molecule has 1 fully saturated rings. The molecule has 25 heavy (non-hydrogen) atoms. The van der Waals surface area contributed by atoms with Crippen LogP contribution in [0.4, 0.5) is 11.4 Å². The average molecular weight is 339 g/mol. The number of amides is 2. The van der Waals surface area contributed by atoms with Crippen molar-refractivity contribution in [1.29, 1.82) is 0 Å². The molecule has 0 bridgehead atoms. The molecule has 2 aromatic rings. The third-order valence-electron chi connectivity index (χ3n) is 4.06. The van der Waals surface area contributed by atoms with Gasteiger partial charge in [0, 0.05) is 30.0 Å². The van der Waals surface area contributed by atoms with Gasteiger partial charge in [-0.1, -0.05) is 12.1 Å². The largest absolute Gasteiger partial charge is 0.399 e. The maximum absolute atomic E-state index is 12.4. The molecule has 0 atom stereocenters. The average Bonchev–Trinajstić information content (AvgIpc) is 2.64. The van der Waals surface area contributed by atoms with Crippen molar-refractivity contribution >= 4 is 23.2 Å². The van der Waals surface area contributed by atoms with Crippen molar-refractivity contribution < 1.29 is 14.3 Å². The Hall–Kier alpha value is -2.86. The van der Waals surface area contributed by atoms with Crippen molar-refractivity contribution in [2.24, 2.45) is 0 Å². The summed E-state index contributed by atoms with van der Waals surface area (Å²) in [6.07, 6.45) is 0.273. The van der Waals surface area contributed by atoms with E-state index in [1.54, 1.807) is 41.3 Å². The number of nitrogens with two attached hydrogens (primary N) is 1. The summed E-state index contributed by atoms with van der Waals surface area (Å²) in [7, 11) is 0. The highest BCUT2D eigenvalue weighted by Gasteiger charge is 2.18. The Balaban J connectivity index is 1.57. The monoisotopic (exact) mass is 339 g/mol. The number of benzene rings is 2. The fourth-order valence-corrected chi connectivity index (χ4v) is 2.67. The lowest BCUT2D eigenvalue weighted by Crippen LogP contribution is -2.40. The molecule has 0 saturated carbocycles. The molecule has 1 heterocycles. The highest BCUT2D eigenvalue weighted by Crippen LogP contribution is 2.14. The zero-order chi connectivity index (χ0) is 17.6. The quantitative estimate of drug-likeness (QED) is 0.834. The third-order valence-corrected chi connectivity index (χ3v) is 4.06. The summed E-state index contributed by atoms with van der Waals surface area (Å²) in [5.41, 5.74) is 8.48. The van der Waals surface area contributed by atoms with E-state index in [0.717, 1.165) is 5.56 Å². The van der Waals surface area contributed by atoms with Gasteiger partial charge in [0.15, 0.2) is 0 Å². The second-order valence-electron chi connectivity index (χ2n) is 5.95. The first-order valence-corrected chi connectivity index (χ1v) is 8.23. The van der Waals surface area contributed by atoms with Gasteiger partial charge in [0.1, 0.15) is 0 Å². The van der Waals surface area contributed by atoms with Crippen LogP contribution in [0.2, 0.25) is 0 Å². The molecular formula is C19H21N3O3. The first-order valence-electron chi connectivity index (χ1n) is 8.23. The van der Waals surface area contributed by atoms with Gasteiger partial charge in [-0.05, 0) is 42.0 Å². The molecule has 0 unspecified atom stereocenters. The van der Waals surface area contributed by atoms with Crippen molar-refractivity contribution in [2.75, 3.05) is 37.4 Å². The van der Waals surface area contributed by atoms with Crippen LogP contribution in [0.1, 0.15) is 15.9 Å². The lowest BCUT2D eigenvalue weighted by Gasteiger charge is -2.26. The first kappa shape index (κ1) is 17.0. The number of anilines is 2. The minimum atomic E-state index is -0.114. The Morgan fingerprint density at radius 1 is 1.00 bits per heavy atom. The van der Waals surface area contributed by atoms with E-state index in [9.17, 15) is 9.59 Å². The van der Waals surface area contributed by atoms with E-state index >= 15 is 0 Å². The standard InChI is InChI=1S/C19H21N3O3/c20-16-5-1-14(2-6-16)13-18(23)21-17-7-3-15(4-8-17)19(24)22-9-11-25-12-10-22/h1-8H,9-13,20H2,(H,21,23). The van der Waals surface area contributed by atoms with Gasteiger partial charge in [-0.3, -0.25) is 9.59 Å². The Morgan fingerprint density at radius 2 is 1.64 bits per heavy atom. The Morgan fingerprint density at radius 3 is 2.28 bits per heavy atom. The molecule has 0 radical (unpaired) electrons. The maximum atomic E-state index is 12.4. The van der Waals surface area contributed by atoms with Gasteiger partial charge >= 0.3 is 0 Å². The molecule has 2 amide bonds. The number of rotatable bonds is 4. The zero-order valence-electron chi connectivity index (χ0n) is 13.9. The number of carbonyl (C=O) groups excluding carboxylic acids is 2. The van der Waals surface area contributed by atoms with Crippen molar-refractivity contribution in [3.63, 3.8) is 0 Å². The number of nitrogens with zero attached hydrogens (tertiary/aromatic N) is 1. The van der Waals surface area contributed by atoms with Crippen LogP contribution in [0.15, 0.2) is 48.5 Å². The van der Waals surface area contributed by atoms with Crippen molar-refractivity contribution in [3.05, 3.63) is 59.7 Å². The number of ether oxygens (including phenoxy) is 1. The number of nitrogens with one attached hydrogen (secondary N) is 1. The van der Waals surface area contributed by atoms with Crippen LogP contribution in [-0.2, 0) is 16.0 Å². The summed E-state index contributed by atoms with van der Waals surface area (Å²) in [5.74, 6) is -0.125. The van der Waals surface area contributed by atoms with E-state index in [-0.39, 0.29) is 18.2 Å². The normalized spacial score (nSPS) is 14.2. The van der Waals surface area contributed by atoms with E-state index in [0.29, 0.717) is 43.2 Å². The zero-order valence-corrected chi connectivity index (χ0v) is 13.9. The van der Waals surface area contributed by atoms with Crippen molar-refractivity contribution in [3.8, 4) is 0 Å². The summed E-state index contributed by atoms with van der Waals surface area (Å²) >= 11 is 0. The molecule has 1 aliphatic rings. The molecule has 2 aromatic carbocycles. The number of morpholine rings is 1. The van der Waals surface area contributed by atoms with Crippen LogP contribution in [0.3, 0.4) is 0 Å². The summed E-state index contributed by atoms with van der Waals surface area (Å²) in [5, 5.41) is 2.84. The molecule has 1 aliphatic heterocycles. The van der Waals surface area contributed by atoms with E-state index in [2.05, 4.69) is 5.32 Å². The lowest BCUT2D eigenvalue weighted by molar-refractivity contribution is -0.115. The van der Waals surface area contributed by atoms with Crippen molar-refractivity contribution in [2.45, 2.75) is 6.42 Å². The fraction of sp³-hybridized carbons (Fsp3) is 0.263. The van der Waals surface area contributed by atoms with Gasteiger partial charge in [-0.2, -0.15) is 0 Å². The minimum Gasteiger partial charge on any atom is -0.399 e. The molecule has 3 N–H and O–H groups in total. The molecule has 0 aliphatic carbocycles. The van der Waals surface area contributed by atoms with Crippen LogP contribution in [-0.4, -0.2) is 43.0 Å². The van der Waals surface area contributed by atoms with Crippen LogP contribution >= 0.6 is 0 Å². The van der Waals surface area contributed by atoms with Crippen LogP contribution in [0, 0.1) is 0 Å². The van der Waals surface area contributed by atoms with Gasteiger partial charge < -0.3 is 20.7 Å². The smallest absolute Gasteiger partial charge is 0.254 e. The van der Waals surface area contributed by atoms with Crippen LogP contribution < -0.4 is 11.1 Å². The summed E-state index contributed by atoms with van der Waals surface area (Å²) in [4.78, 5) is 26.3.